The molecule has 1 aliphatic rings. The minimum absolute atomic E-state index is 0.129. The largest absolute Gasteiger partial charge is 0.488 e. The van der Waals surface area contributed by atoms with Crippen LogP contribution in [-0.4, -0.2) is 47.4 Å². The number of nitrogens with one attached hydrogen (secondary N) is 1. The predicted octanol–water partition coefficient (Wildman–Crippen LogP) is 1.73. The number of tetrazole rings is 1. The third-order valence-corrected chi connectivity index (χ3v) is 5.94. The number of nitrogens with zero attached hydrogens (tertiary/aromatic N) is 4. The van der Waals surface area contributed by atoms with E-state index in [1.165, 1.54) is 23.1 Å². The lowest BCUT2D eigenvalue weighted by Gasteiger charge is -2.18. The fourth-order valence-electron chi connectivity index (χ4n) is 3.18. The Morgan fingerprint density at radius 3 is 2.72 bits per heavy atom. The van der Waals surface area contributed by atoms with Gasteiger partial charge in [-0.3, -0.25) is 0 Å². The average molecular weight is 415 g/mol. The van der Waals surface area contributed by atoms with Crippen molar-refractivity contribution in [3.63, 3.8) is 0 Å². The molecule has 0 aliphatic carbocycles. The Morgan fingerprint density at radius 1 is 1.21 bits per heavy atom. The van der Waals surface area contributed by atoms with Crippen molar-refractivity contribution in [1.29, 1.82) is 0 Å². The number of hydrogen-bond donors (Lipinski definition) is 1. The maximum atomic E-state index is 12.5. The van der Waals surface area contributed by atoms with Crippen molar-refractivity contribution < 1.29 is 17.9 Å². The van der Waals surface area contributed by atoms with Crippen LogP contribution in [0.2, 0.25) is 0 Å². The van der Waals surface area contributed by atoms with Gasteiger partial charge in [-0.2, -0.15) is 0 Å². The molecule has 0 bridgehead atoms. The van der Waals surface area contributed by atoms with Crippen LogP contribution in [-0.2, 0) is 16.4 Å². The number of fused-ring (bicyclic) bond motifs is 1. The Kier molecular flexibility index (Phi) is 4.97. The van der Waals surface area contributed by atoms with E-state index in [1.807, 2.05) is 32.0 Å². The van der Waals surface area contributed by atoms with Crippen molar-refractivity contribution in [3.8, 4) is 17.2 Å². The zero-order valence-electron chi connectivity index (χ0n) is 16.1. The Labute approximate surface area is 168 Å². The minimum Gasteiger partial charge on any atom is -0.488 e. The summed E-state index contributed by atoms with van der Waals surface area (Å²) in [6.45, 7) is 4.36. The highest BCUT2D eigenvalue weighted by atomic mass is 32.2. The summed E-state index contributed by atoms with van der Waals surface area (Å²) in [5.41, 5.74) is 1.49. The number of hydrogen-bond acceptors (Lipinski definition) is 7. The summed E-state index contributed by atoms with van der Waals surface area (Å²) < 4.78 is 40.7. The number of ether oxygens (including phenoxy) is 2. The van der Waals surface area contributed by atoms with Crippen molar-refractivity contribution in [2.75, 3.05) is 13.2 Å². The Balaban J connectivity index is 1.35. The van der Waals surface area contributed by atoms with E-state index in [-0.39, 0.29) is 23.6 Å². The van der Waals surface area contributed by atoms with Gasteiger partial charge in [-0.05, 0) is 54.6 Å². The zero-order valence-corrected chi connectivity index (χ0v) is 16.9. The predicted molar refractivity (Wildman–Crippen MR) is 105 cm³/mol. The lowest BCUT2D eigenvalue weighted by atomic mass is 10.0. The molecular weight excluding hydrogens is 394 g/mol. The number of aromatic nitrogens is 4. The highest BCUT2D eigenvalue weighted by Crippen LogP contribution is 2.41. The monoisotopic (exact) mass is 415 g/mol. The van der Waals surface area contributed by atoms with E-state index >= 15 is 0 Å². The van der Waals surface area contributed by atoms with Crippen LogP contribution in [0, 0.1) is 0 Å². The van der Waals surface area contributed by atoms with Crippen molar-refractivity contribution in [1.82, 2.24) is 24.9 Å². The van der Waals surface area contributed by atoms with E-state index in [0.29, 0.717) is 11.4 Å². The van der Waals surface area contributed by atoms with Crippen LogP contribution in [0.4, 0.5) is 0 Å². The first kappa shape index (κ1) is 19.3. The molecule has 0 fully saturated rings. The molecule has 0 saturated heterocycles. The van der Waals surface area contributed by atoms with Gasteiger partial charge in [0.1, 0.15) is 18.5 Å². The van der Waals surface area contributed by atoms with E-state index in [2.05, 4.69) is 20.2 Å². The Hall–Kier alpha value is -2.98. The molecule has 10 heteroatoms. The topological polar surface area (TPSA) is 108 Å². The molecule has 4 rings (SSSR count). The minimum atomic E-state index is -3.65. The Morgan fingerprint density at radius 2 is 2.00 bits per heavy atom. The molecule has 3 aromatic rings. The number of sulfonamides is 1. The first-order valence-electron chi connectivity index (χ1n) is 9.11. The summed E-state index contributed by atoms with van der Waals surface area (Å²) in [6.07, 6.45) is 2.25. The fraction of sp³-hybridized carbons (Fsp3) is 0.316. The quantitative estimate of drug-likeness (QED) is 0.586. The Bertz CT molecular complexity index is 1100. The van der Waals surface area contributed by atoms with E-state index < -0.39 is 10.0 Å². The number of rotatable bonds is 7. The molecule has 1 N–H and O–H groups in total. The van der Waals surface area contributed by atoms with Crippen LogP contribution < -0.4 is 14.2 Å². The normalized spacial score (nSPS) is 15.0. The fourth-order valence-corrected chi connectivity index (χ4v) is 4.19. The van der Waals surface area contributed by atoms with Crippen molar-refractivity contribution >= 4 is 10.0 Å². The SMILES string of the molecule is CC1(C)Cc2cccc(OCCNS(=O)(=O)c3ccc(-n4cnnn4)cc3)c2O1. The molecular formula is C19H21N5O4S. The van der Waals surface area contributed by atoms with Gasteiger partial charge in [0.05, 0.1) is 10.6 Å². The molecule has 152 valence electrons. The van der Waals surface area contributed by atoms with E-state index in [4.69, 9.17) is 9.47 Å². The molecule has 29 heavy (non-hydrogen) atoms. The summed E-state index contributed by atoms with van der Waals surface area (Å²) in [6, 6.07) is 12.0. The van der Waals surface area contributed by atoms with Crippen LogP contribution in [0.5, 0.6) is 11.5 Å². The highest BCUT2D eigenvalue weighted by Gasteiger charge is 2.32. The number of benzene rings is 2. The third-order valence-electron chi connectivity index (χ3n) is 4.47. The van der Waals surface area contributed by atoms with Gasteiger partial charge < -0.3 is 9.47 Å². The van der Waals surface area contributed by atoms with Crippen molar-refractivity contribution in [2.45, 2.75) is 30.8 Å². The molecule has 2 heterocycles. The van der Waals surface area contributed by atoms with Gasteiger partial charge in [-0.25, -0.2) is 17.8 Å². The van der Waals surface area contributed by atoms with Crippen LogP contribution in [0.1, 0.15) is 19.4 Å². The maximum absolute atomic E-state index is 12.5. The van der Waals surface area contributed by atoms with Crippen LogP contribution >= 0.6 is 0 Å². The summed E-state index contributed by atoms with van der Waals surface area (Å²) in [5.74, 6) is 1.36. The lowest BCUT2D eigenvalue weighted by molar-refractivity contribution is 0.132. The second-order valence-electron chi connectivity index (χ2n) is 7.28. The molecule has 2 aromatic carbocycles. The van der Waals surface area contributed by atoms with Gasteiger partial charge in [-0.15, -0.1) is 5.10 Å². The van der Waals surface area contributed by atoms with Gasteiger partial charge >= 0.3 is 0 Å². The van der Waals surface area contributed by atoms with E-state index in [1.54, 1.807) is 12.1 Å². The second kappa shape index (κ2) is 7.45. The van der Waals surface area contributed by atoms with Crippen LogP contribution in [0.25, 0.3) is 5.69 Å². The molecule has 1 aliphatic heterocycles. The first-order chi connectivity index (χ1) is 13.8. The van der Waals surface area contributed by atoms with Gasteiger partial charge in [0, 0.05) is 18.5 Å². The first-order valence-corrected chi connectivity index (χ1v) is 10.6. The molecule has 0 amide bonds. The smallest absolute Gasteiger partial charge is 0.240 e. The molecule has 0 atom stereocenters. The number of para-hydroxylation sites is 1. The molecule has 0 spiro atoms. The molecule has 0 radical (unpaired) electrons. The standard InChI is InChI=1S/C19H21N5O4S/c1-19(2)12-14-4-3-5-17(18(14)28-19)27-11-10-21-29(25,26)16-8-6-15(7-9-16)24-13-20-22-23-24/h3-9,13,21H,10-12H2,1-2H3. The van der Waals surface area contributed by atoms with E-state index in [0.717, 1.165) is 17.7 Å². The van der Waals surface area contributed by atoms with E-state index in [9.17, 15) is 8.42 Å². The summed E-state index contributed by atoms with van der Waals surface area (Å²) in [5, 5.41) is 10.9. The molecule has 0 unspecified atom stereocenters. The van der Waals surface area contributed by atoms with Crippen LogP contribution in [0.3, 0.4) is 0 Å². The summed E-state index contributed by atoms with van der Waals surface area (Å²) in [7, 11) is -3.65. The second-order valence-corrected chi connectivity index (χ2v) is 9.04. The molecule has 1 aromatic heterocycles. The van der Waals surface area contributed by atoms with Gasteiger partial charge in [0.2, 0.25) is 10.0 Å². The molecule has 9 nitrogen and oxygen atoms in total. The zero-order chi connectivity index (χ0) is 20.5. The lowest BCUT2D eigenvalue weighted by Crippen LogP contribution is -2.28. The average Bonchev–Trinajstić information content (AvgIpc) is 3.32. The summed E-state index contributed by atoms with van der Waals surface area (Å²) in [4.78, 5) is 0.153. The van der Waals surface area contributed by atoms with Gasteiger partial charge in [0.25, 0.3) is 0 Å². The third kappa shape index (κ3) is 4.22. The van der Waals surface area contributed by atoms with Crippen LogP contribution in [0.15, 0.2) is 53.7 Å². The highest BCUT2D eigenvalue weighted by molar-refractivity contribution is 7.89. The summed E-state index contributed by atoms with van der Waals surface area (Å²) >= 11 is 0. The maximum Gasteiger partial charge on any atom is 0.240 e. The van der Waals surface area contributed by atoms with Gasteiger partial charge in [0.15, 0.2) is 11.5 Å². The molecule has 0 saturated carbocycles. The van der Waals surface area contributed by atoms with Gasteiger partial charge in [-0.1, -0.05) is 12.1 Å². The van der Waals surface area contributed by atoms with Crippen molar-refractivity contribution in [3.05, 3.63) is 54.4 Å². The van der Waals surface area contributed by atoms with Crippen molar-refractivity contribution in [2.24, 2.45) is 0 Å².